The van der Waals surface area contributed by atoms with E-state index in [0.717, 1.165) is 5.69 Å². The number of amides is 2. The number of aromatic nitrogens is 2. The number of nitrogens with one attached hydrogen (secondary N) is 1. The second-order valence-corrected chi connectivity index (χ2v) is 8.04. The molecule has 3 rings (SSSR count). The first-order valence-corrected chi connectivity index (χ1v) is 9.97. The SMILES string of the molecule is CC(=O)NC(C(=O)N1CCN(Cc2cc(=O)n3ccsc3n2)CC1)C(C)C. The van der Waals surface area contributed by atoms with Crippen molar-refractivity contribution in [2.24, 2.45) is 5.92 Å². The molecule has 0 spiro atoms. The van der Waals surface area contributed by atoms with Crippen LogP contribution in [0.5, 0.6) is 0 Å². The lowest BCUT2D eigenvalue weighted by atomic mass is 10.0. The molecule has 2 aromatic heterocycles. The van der Waals surface area contributed by atoms with Crippen molar-refractivity contribution in [2.75, 3.05) is 26.2 Å². The maximum Gasteiger partial charge on any atom is 0.258 e. The first kappa shape index (κ1) is 19.5. The third-order valence-corrected chi connectivity index (χ3v) is 5.47. The van der Waals surface area contributed by atoms with E-state index in [-0.39, 0.29) is 23.3 Å². The molecule has 1 aliphatic heterocycles. The van der Waals surface area contributed by atoms with Gasteiger partial charge in [0.25, 0.3) is 5.56 Å². The Bertz CT molecular complexity index is 882. The lowest BCUT2D eigenvalue weighted by Gasteiger charge is -2.37. The van der Waals surface area contributed by atoms with Gasteiger partial charge in [-0.2, -0.15) is 0 Å². The Hall–Kier alpha value is -2.26. The van der Waals surface area contributed by atoms with Crippen molar-refractivity contribution in [3.05, 3.63) is 33.7 Å². The van der Waals surface area contributed by atoms with Crippen LogP contribution in [-0.2, 0) is 16.1 Å². The van der Waals surface area contributed by atoms with Crippen LogP contribution in [0.2, 0.25) is 0 Å². The van der Waals surface area contributed by atoms with E-state index in [1.807, 2.05) is 24.1 Å². The van der Waals surface area contributed by atoms with Crippen LogP contribution in [0, 0.1) is 5.92 Å². The second kappa shape index (κ2) is 8.18. The molecule has 1 saturated heterocycles. The average Bonchev–Trinajstić information content (AvgIpc) is 3.08. The first-order valence-electron chi connectivity index (χ1n) is 9.09. The van der Waals surface area contributed by atoms with Gasteiger partial charge in [-0.05, 0) is 5.92 Å². The zero-order valence-electron chi connectivity index (χ0n) is 15.8. The fourth-order valence-electron chi connectivity index (χ4n) is 3.25. The second-order valence-electron chi connectivity index (χ2n) is 7.16. The van der Waals surface area contributed by atoms with Gasteiger partial charge in [0, 0.05) is 57.3 Å². The van der Waals surface area contributed by atoms with Gasteiger partial charge in [0.15, 0.2) is 4.96 Å². The number of carbonyl (C=O) groups is 2. The summed E-state index contributed by atoms with van der Waals surface area (Å²) in [7, 11) is 0. The number of carbonyl (C=O) groups excluding carboxylic acids is 2. The molecule has 27 heavy (non-hydrogen) atoms. The van der Waals surface area contributed by atoms with Gasteiger partial charge >= 0.3 is 0 Å². The van der Waals surface area contributed by atoms with Crippen molar-refractivity contribution in [1.82, 2.24) is 24.5 Å². The minimum absolute atomic E-state index is 0.0313. The van der Waals surface area contributed by atoms with Crippen LogP contribution in [0.4, 0.5) is 0 Å². The third kappa shape index (κ3) is 4.54. The number of hydrogen-bond acceptors (Lipinski definition) is 6. The summed E-state index contributed by atoms with van der Waals surface area (Å²) in [6, 6.07) is 1.08. The van der Waals surface area contributed by atoms with Gasteiger partial charge in [-0.25, -0.2) is 4.98 Å². The summed E-state index contributed by atoms with van der Waals surface area (Å²) in [6.45, 7) is 8.50. The van der Waals surface area contributed by atoms with E-state index in [1.165, 1.54) is 18.3 Å². The van der Waals surface area contributed by atoms with Gasteiger partial charge in [0.05, 0.1) is 5.69 Å². The smallest absolute Gasteiger partial charge is 0.258 e. The lowest BCUT2D eigenvalue weighted by molar-refractivity contribution is -0.138. The van der Waals surface area contributed by atoms with Gasteiger partial charge in [0.1, 0.15) is 6.04 Å². The fraction of sp³-hybridized carbons (Fsp3) is 0.556. The molecule has 1 fully saturated rings. The molecule has 0 saturated carbocycles. The minimum atomic E-state index is -0.489. The highest BCUT2D eigenvalue weighted by Gasteiger charge is 2.30. The fourth-order valence-corrected chi connectivity index (χ4v) is 3.99. The molecule has 1 N–H and O–H groups in total. The largest absolute Gasteiger partial charge is 0.344 e. The van der Waals surface area contributed by atoms with Crippen molar-refractivity contribution in [3.63, 3.8) is 0 Å². The van der Waals surface area contributed by atoms with Crippen molar-refractivity contribution in [3.8, 4) is 0 Å². The van der Waals surface area contributed by atoms with E-state index in [1.54, 1.807) is 16.7 Å². The highest BCUT2D eigenvalue weighted by atomic mass is 32.1. The molecule has 3 heterocycles. The minimum Gasteiger partial charge on any atom is -0.344 e. The molecule has 8 nitrogen and oxygen atoms in total. The number of thiazole rings is 1. The molecule has 9 heteroatoms. The van der Waals surface area contributed by atoms with Crippen LogP contribution in [0.3, 0.4) is 0 Å². The monoisotopic (exact) mass is 391 g/mol. The third-order valence-electron chi connectivity index (χ3n) is 4.72. The first-order chi connectivity index (χ1) is 12.8. The Morgan fingerprint density at radius 3 is 2.59 bits per heavy atom. The van der Waals surface area contributed by atoms with Crippen LogP contribution in [0.1, 0.15) is 26.5 Å². The Balaban J connectivity index is 1.60. The van der Waals surface area contributed by atoms with Crippen molar-refractivity contribution >= 4 is 28.1 Å². The molecular formula is C18H25N5O3S. The van der Waals surface area contributed by atoms with Gasteiger partial charge in [0.2, 0.25) is 11.8 Å². The molecule has 146 valence electrons. The maximum atomic E-state index is 12.7. The summed E-state index contributed by atoms with van der Waals surface area (Å²) >= 11 is 1.44. The number of rotatable bonds is 5. The van der Waals surface area contributed by atoms with E-state index in [2.05, 4.69) is 15.2 Å². The van der Waals surface area contributed by atoms with Gasteiger partial charge in [-0.3, -0.25) is 23.7 Å². The number of piperazine rings is 1. The van der Waals surface area contributed by atoms with Crippen LogP contribution in [-0.4, -0.2) is 63.2 Å². The molecule has 1 atom stereocenters. The normalized spacial score (nSPS) is 16.7. The highest BCUT2D eigenvalue weighted by molar-refractivity contribution is 7.15. The van der Waals surface area contributed by atoms with Crippen LogP contribution >= 0.6 is 11.3 Å². The zero-order valence-corrected chi connectivity index (χ0v) is 16.7. The highest BCUT2D eigenvalue weighted by Crippen LogP contribution is 2.12. The van der Waals surface area contributed by atoms with Gasteiger partial charge in [-0.1, -0.05) is 13.8 Å². The average molecular weight is 391 g/mol. The van der Waals surface area contributed by atoms with E-state index in [4.69, 9.17) is 0 Å². The van der Waals surface area contributed by atoms with E-state index in [0.29, 0.717) is 37.7 Å². The van der Waals surface area contributed by atoms with Crippen LogP contribution < -0.4 is 10.9 Å². The molecule has 0 aliphatic carbocycles. The van der Waals surface area contributed by atoms with Crippen molar-refractivity contribution in [2.45, 2.75) is 33.4 Å². The Morgan fingerprint density at radius 1 is 1.26 bits per heavy atom. The summed E-state index contributed by atoms with van der Waals surface area (Å²) in [5.74, 6) is -0.188. The lowest BCUT2D eigenvalue weighted by Crippen LogP contribution is -2.56. The molecule has 2 amide bonds. The maximum absolute atomic E-state index is 12.7. The number of hydrogen-bond donors (Lipinski definition) is 1. The zero-order chi connectivity index (χ0) is 19.6. The number of fused-ring (bicyclic) bond motifs is 1. The number of nitrogens with zero attached hydrogens (tertiary/aromatic N) is 4. The summed E-state index contributed by atoms with van der Waals surface area (Å²) in [6.07, 6.45) is 1.73. The van der Waals surface area contributed by atoms with Crippen LogP contribution in [0.25, 0.3) is 4.96 Å². The topological polar surface area (TPSA) is 87.0 Å². The van der Waals surface area contributed by atoms with Gasteiger partial charge < -0.3 is 10.2 Å². The molecule has 0 radical (unpaired) electrons. The summed E-state index contributed by atoms with van der Waals surface area (Å²) < 4.78 is 1.54. The summed E-state index contributed by atoms with van der Waals surface area (Å²) in [5.41, 5.74) is 0.681. The molecule has 1 aliphatic rings. The molecule has 0 bridgehead atoms. The molecule has 0 aromatic carbocycles. The summed E-state index contributed by atoms with van der Waals surface area (Å²) in [5, 5.41) is 4.60. The van der Waals surface area contributed by atoms with E-state index < -0.39 is 6.04 Å². The molecule has 1 unspecified atom stereocenters. The molecular weight excluding hydrogens is 366 g/mol. The Morgan fingerprint density at radius 2 is 1.96 bits per heavy atom. The van der Waals surface area contributed by atoms with E-state index >= 15 is 0 Å². The van der Waals surface area contributed by atoms with E-state index in [9.17, 15) is 14.4 Å². The predicted octanol–water partition coefficient (Wildman–Crippen LogP) is 0.561. The Labute approximate surface area is 161 Å². The quantitative estimate of drug-likeness (QED) is 0.805. The molecule has 2 aromatic rings. The van der Waals surface area contributed by atoms with Gasteiger partial charge in [-0.15, -0.1) is 11.3 Å². The van der Waals surface area contributed by atoms with Crippen LogP contribution in [0.15, 0.2) is 22.4 Å². The summed E-state index contributed by atoms with van der Waals surface area (Å²) in [4.78, 5) is 45.4. The Kier molecular flexibility index (Phi) is 5.91. The standard InChI is InChI=1S/C18H25N5O3S/c1-12(2)16(19-13(3)24)17(26)22-6-4-21(5-7-22)11-14-10-15(25)23-8-9-27-18(23)20-14/h8-10,12,16H,4-7,11H2,1-3H3,(H,19,24). The van der Waals surface area contributed by atoms with Crippen molar-refractivity contribution in [1.29, 1.82) is 0 Å². The predicted molar refractivity (Wildman–Crippen MR) is 104 cm³/mol. The van der Waals surface area contributed by atoms with Crippen molar-refractivity contribution < 1.29 is 9.59 Å².